The van der Waals surface area contributed by atoms with Gasteiger partial charge < -0.3 is 10.4 Å². The Morgan fingerprint density at radius 1 is 1.24 bits per heavy atom. The van der Waals surface area contributed by atoms with Crippen LogP contribution in [0.15, 0.2) is 41.1 Å². The van der Waals surface area contributed by atoms with Crippen LogP contribution in [0.1, 0.15) is 42.6 Å². The molecule has 0 aliphatic rings. The van der Waals surface area contributed by atoms with Crippen LogP contribution in [0.5, 0.6) is 0 Å². The van der Waals surface area contributed by atoms with E-state index in [9.17, 15) is 9.90 Å². The Hall–Kier alpha value is -1.65. The monoisotopic (exact) mass is 303 g/mol. The van der Waals surface area contributed by atoms with Gasteiger partial charge in [-0.25, -0.2) is 0 Å². The van der Waals surface area contributed by atoms with Gasteiger partial charge in [-0.3, -0.25) is 4.79 Å². The second kappa shape index (κ2) is 7.38. The molecule has 1 aromatic heterocycles. The first-order valence-corrected chi connectivity index (χ1v) is 8.12. The summed E-state index contributed by atoms with van der Waals surface area (Å²) in [4.78, 5) is 12.2. The molecule has 1 aromatic carbocycles. The first-order valence-electron chi connectivity index (χ1n) is 7.18. The van der Waals surface area contributed by atoms with Crippen LogP contribution in [0.25, 0.3) is 0 Å². The number of hydrogen-bond donors (Lipinski definition) is 2. The minimum Gasteiger partial charge on any atom is -0.387 e. The van der Waals surface area contributed by atoms with Crippen molar-refractivity contribution in [1.82, 2.24) is 5.32 Å². The number of carbonyl (C=O) groups is 1. The van der Waals surface area contributed by atoms with Gasteiger partial charge in [-0.1, -0.05) is 31.2 Å². The topological polar surface area (TPSA) is 49.3 Å². The van der Waals surface area contributed by atoms with Gasteiger partial charge in [0.15, 0.2) is 0 Å². The fraction of sp³-hybridized carbons (Fsp3) is 0.353. The number of aliphatic hydroxyl groups is 1. The van der Waals surface area contributed by atoms with Gasteiger partial charge in [0.05, 0.1) is 12.0 Å². The zero-order valence-corrected chi connectivity index (χ0v) is 13.2. The molecule has 3 nitrogen and oxygen atoms in total. The molecular weight excluding hydrogens is 282 g/mol. The largest absolute Gasteiger partial charge is 0.387 e. The van der Waals surface area contributed by atoms with Crippen LogP contribution in [-0.4, -0.2) is 17.6 Å². The molecule has 1 heterocycles. The molecular formula is C17H21NO2S. The molecule has 112 valence electrons. The van der Waals surface area contributed by atoms with Crippen molar-refractivity contribution in [3.05, 3.63) is 57.8 Å². The number of aliphatic hydroxyl groups excluding tert-OH is 1. The molecule has 0 saturated carbocycles. The van der Waals surface area contributed by atoms with Crippen molar-refractivity contribution in [2.75, 3.05) is 6.54 Å². The van der Waals surface area contributed by atoms with Gasteiger partial charge >= 0.3 is 0 Å². The molecule has 0 aliphatic carbocycles. The highest BCUT2D eigenvalue weighted by Crippen LogP contribution is 2.18. The fourth-order valence-corrected chi connectivity index (χ4v) is 2.83. The van der Waals surface area contributed by atoms with Gasteiger partial charge in [-0.2, -0.15) is 11.3 Å². The van der Waals surface area contributed by atoms with Gasteiger partial charge in [-0.15, -0.1) is 0 Å². The van der Waals surface area contributed by atoms with Crippen LogP contribution in [0, 0.1) is 0 Å². The van der Waals surface area contributed by atoms with E-state index in [0.717, 1.165) is 17.5 Å². The Morgan fingerprint density at radius 2 is 1.95 bits per heavy atom. The van der Waals surface area contributed by atoms with E-state index in [4.69, 9.17) is 0 Å². The van der Waals surface area contributed by atoms with E-state index in [1.807, 2.05) is 35.9 Å². The Kier molecular flexibility index (Phi) is 5.53. The molecule has 2 aromatic rings. The Morgan fingerprint density at radius 3 is 2.52 bits per heavy atom. The molecule has 1 amide bonds. The van der Waals surface area contributed by atoms with E-state index in [1.165, 1.54) is 16.9 Å². The predicted molar refractivity (Wildman–Crippen MR) is 86.5 cm³/mol. The molecule has 0 spiro atoms. The lowest BCUT2D eigenvalue weighted by Gasteiger charge is -2.15. The second-order valence-corrected chi connectivity index (χ2v) is 5.91. The molecule has 2 unspecified atom stereocenters. The van der Waals surface area contributed by atoms with E-state index < -0.39 is 6.10 Å². The summed E-state index contributed by atoms with van der Waals surface area (Å²) in [6, 6.07) is 9.98. The van der Waals surface area contributed by atoms with E-state index in [2.05, 4.69) is 24.4 Å². The third-order valence-corrected chi connectivity index (χ3v) is 4.38. The molecule has 0 aliphatic heterocycles. The van der Waals surface area contributed by atoms with E-state index in [1.54, 1.807) is 0 Å². The van der Waals surface area contributed by atoms with Crippen molar-refractivity contribution in [1.29, 1.82) is 0 Å². The van der Waals surface area contributed by atoms with Gasteiger partial charge in [-0.05, 0) is 46.9 Å². The zero-order chi connectivity index (χ0) is 15.2. The highest BCUT2D eigenvalue weighted by atomic mass is 32.1. The number of benzene rings is 1. The third kappa shape index (κ3) is 4.16. The van der Waals surface area contributed by atoms with Crippen molar-refractivity contribution in [3.8, 4) is 0 Å². The minimum atomic E-state index is -0.644. The smallest absolute Gasteiger partial charge is 0.227 e. The molecule has 0 fully saturated rings. The number of thiophene rings is 1. The standard InChI is InChI=1S/C17H21NO2S/c1-3-13-4-6-14(7-5-13)12(2)17(20)18-10-16(19)15-8-9-21-11-15/h4-9,11-12,16,19H,3,10H2,1-2H3,(H,18,20). The highest BCUT2D eigenvalue weighted by Gasteiger charge is 2.16. The summed E-state index contributed by atoms with van der Waals surface area (Å²) >= 11 is 1.54. The van der Waals surface area contributed by atoms with Crippen LogP contribution in [0.4, 0.5) is 0 Å². The maximum Gasteiger partial charge on any atom is 0.227 e. The number of carbonyl (C=O) groups excluding carboxylic acids is 1. The lowest BCUT2D eigenvalue weighted by atomic mass is 9.98. The summed E-state index contributed by atoms with van der Waals surface area (Å²) in [5, 5.41) is 16.6. The summed E-state index contributed by atoms with van der Waals surface area (Å²) in [5.41, 5.74) is 3.11. The molecule has 21 heavy (non-hydrogen) atoms. The van der Waals surface area contributed by atoms with Gasteiger partial charge in [0.25, 0.3) is 0 Å². The number of amides is 1. The number of aryl methyl sites for hydroxylation is 1. The van der Waals surface area contributed by atoms with Crippen molar-refractivity contribution in [2.24, 2.45) is 0 Å². The van der Waals surface area contributed by atoms with E-state index in [0.29, 0.717) is 0 Å². The molecule has 0 radical (unpaired) electrons. The lowest BCUT2D eigenvalue weighted by molar-refractivity contribution is -0.122. The van der Waals surface area contributed by atoms with Crippen LogP contribution in [0.2, 0.25) is 0 Å². The summed E-state index contributed by atoms with van der Waals surface area (Å²) in [5.74, 6) is -0.279. The van der Waals surface area contributed by atoms with Crippen LogP contribution in [0.3, 0.4) is 0 Å². The number of hydrogen-bond acceptors (Lipinski definition) is 3. The summed E-state index contributed by atoms with van der Waals surface area (Å²) in [6.45, 7) is 4.23. The zero-order valence-electron chi connectivity index (χ0n) is 12.4. The quantitative estimate of drug-likeness (QED) is 0.860. The van der Waals surface area contributed by atoms with Gasteiger partial charge in [0, 0.05) is 6.54 Å². The SMILES string of the molecule is CCc1ccc(C(C)C(=O)NCC(O)c2ccsc2)cc1. The number of nitrogens with one attached hydrogen (secondary N) is 1. The van der Waals surface area contributed by atoms with E-state index >= 15 is 0 Å². The van der Waals surface area contributed by atoms with Gasteiger partial charge in [0.1, 0.15) is 0 Å². The maximum absolute atomic E-state index is 12.2. The predicted octanol–water partition coefficient (Wildman–Crippen LogP) is 3.26. The first kappa shape index (κ1) is 15.7. The molecule has 4 heteroatoms. The van der Waals surface area contributed by atoms with Crippen molar-refractivity contribution in [3.63, 3.8) is 0 Å². The minimum absolute atomic E-state index is 0.0615. The third-order valence-electron chi connectivity index (χ3n) is 3.68. The number of rotatable bonds is 6. The van der Waals surface area contributed by atoms with Crippen molar-refractivity contribution in [2.45, 2.75) is 32.3 Å². The van der Waals surface area contributed by atoms with Crippen LogP contribution < -0.4 is 5.32 Å². The molecule has 2 N–H and O–H groups in total. The molecule has 2 atom stereocenters. The van der Waals surface area contributed by atoms with E-state index in [-0.39, 0.29) is 18.4 Å². The Labute approximate surface area is 129 Å². The summed E-state index contributed by atoms with van der Waals surface area (Å²) in [7, 11) is 0. The maximum atomic E-state index is 12.2. The van der Waals surface area contributed by atoms with Crippen LogP contribution >= 0.6 is 11.3 Å². The average Bonchev–Trinajstić information content (AvgIpc) is 3.06. The second-order valence-electron chi connectivity index (χ2n) is 5.13. The average molecular weight is 303 g/mol. The Bertz CT molecular complexity index is 563. The van der Waals surface area contributed by atoms with Gasteiger partial charge in [0.2, 0.25) is 5.91 Å². The highest BCUT2D eigenvalue weighted by molar-refractivity contribution is 7.07. The lowest BCUT2D eigenvalue weighted by Crippen LogP contribution is -2.31. The Balaban J connectivity index is 1.90. The van der Waals surface area contributed by atoms with Crippen LogP contribution in [-0.2, 0) is 11.2 Å². The molecule has 0 saturated heterocycles. The summed E-state index contributed by atoms with van der Waals surface area (Å²) < 4.78 is 0. The molecule has 2 rings (SSSR count). The normalized spacial score (nSPS) is 13.7. The summed E-state index contributed by atoms with van der Waals surface area (Å²) in [6.07, 6.45) is 0.350. The fourth-order valence-electron chi connectivity index (χ4n) is 2.13. The molecule has 0 bridgehead atoms. The van der Waals surface area contributed by atoms with Crippen molar-refractivity contribution >= 4 is 17.2 Å². The first-order chi connectivity index (χ1) is 10.1. The van der Waals surface area contributed by atoms with Crippen molar-refractivity contribution < 1.29 is 9.90 Å².